The Morgan fingerprint density at radius 1 is 1.12 bits per heavy atom. The number of esters is 1. The number of carbonyl (C=O) groups excluding carboxylic acids is 3. The molecule has 1 heterocycles. The highest BCUT2D eigenvalue weighted by Crippen LogP contribution is 2.30. The zero-order chi connectivity index (χ0) is 24.2. The first-order valence-electron chi connectivity index (χ1n) is 10.7. The van der Waals surface area contributed by atoms with Gasteiger partial charge in [0.2, 0.25) is 0 Å². The van der Waals surface area contributed by atoms with E-state index in [9.17, 15) is 14.4 Å². The predicted octanol–water partition coefficient (Wildman–Crippen LogP) is 4.83. The van der Waals surface area contributed by atoms with Gasteiger partial charge in [0, 0.05) is 36.3 Å². The summed E-state index contributed by atoms with van der Waals surface area (Å²) in [5.41, 5.74) is 2.47. The van der Waals surface area contributed by atoms with Crippen LogP contribution in [-0.4, -0.2) is 28.8 Å². The molecule has 0 unspecified atom stereocenters. The Kier molecular flexibility index (Phi) is 6.84. The van der Waals surface area contributed by atoms with Gasteiger partial charge in [0.25, 0.3) is 11.8 Å². The first-order valence-corrected chi connectivity index (χ1v) is 11.1. The number of anilines is 1. The van der Waals surface area contributed by atoms with E-state index < -0.39 is 18.0 Å². The smallest absolute Gasteiger partial charge is 0.308 e. The van der Waals surface area contributed by atoms with Crippen LogP contribution in [0.4, 0.5) is 5.69 Å². The van der Waals surface area contributed by atoms with Crippen LogP contribution in [0, 0.1) is 0 Å². The molecule has 4 rings (SSSR count). The molecular weight excluding hydrogens is 456 g/mol. The molecule has 1 aliphatic heterocycles. The molecule has 0 aromatic heterocycles. The Morgan fingerprint density at radius 2 is 1.85 bits per heavy atom. The largest absolute Gasteiger partial charge is 0.481 e. The Bertz CT molecular complexity index is 1240. The molecule has 0 saturated carbocycles. The number of rotatable bonds is 5. The number of hydrogen-bond acceptors (Lipinski definition) is 5. The average Bonchev–Trinajstić information content (AvgIpc) is 2.91. The standard InChI is InChI=1S/C26H23ClN2O5/c1-16-26(32)29(14-18-7-9-20(27)10-8-18)15-19-13-21(11-12-23(19)33-16)28-25(31)22-5-3-4-6-24(22)34-17(2)30/h3-13,16H,14-15H2,1-2H3,(H,28,31)/t16-/m0/s1. The topological polar surface area (TPSA) is 84.9 Å². The number of benzene rings is 3. The quantitative estimate of drug-likeness (QED) is 0.419. The van der Waals surface area contributed by atoms with Crippen LogP contribution >= 0.6 is 11.6 Å². The molecule has 7 nitrogen and oxygen atoms in total. The van der Waals surface area contributed by atoms with Gasteiger partial charge in [-0.3, -0.25) is 14.4 Å². The summed E-state index contributed by atoms with van der Waals surface area (Å²) in [5, 5.41) is 3.46. The Balaban J connectivity index is 1.56. The summed E-state index contributed by atoms with van der Waals surface area (Å²) in [6, 6.07) is 19.1. The maximum atomic E-state index is 12.9. The van der Waals surface area contributed by atoms with Crippen molar-refractivity contribution >= 4 is 35.1 Å². The third-order valence-corrected chi connectivity index (χ3v) is 5.57. The average molecular weight is 479 g/mol. The van der Waals surface area contributed by atoms with E-state index >= 15 is 0 Å². The van der Waals surface area contributed by atoms with Crippen molar-refractivity contribution in [3.05, 3.63) is 88.4 Å². The van der Waals surface area contributed by atoms with Crippen molar-refractivity contribution < 1.29 is 23.9 Å². The van der Waals surface area contributed by atoms with Crippen LogP contribution in [0.3, 0.4) is 0 Å². The minimum absolute atomic E-state index is 0.132. The molecule has 0 bridgehead atoms. The van der Waals surface area contributed by atoms with E-state index in [2.05, 4.69) is 5.32 Å². The van der Waals surface area contributed by atoms with E-state index in [0.29, 0.717) is 29.5 Å². The summed E-state index contributed by atoms with van der Waals surface area (Å²) in [6.45, 7) is 3.71. The molecule has 0 spiro atoms. The van der Waals surface area contributed by atoms with Crippen LogP contribution in [0.5, 0.6) is 11.5 Å². The third-order valence-electron chi connectivity index (χ3n) is 5.31. The number of nitrogens with one attached hydrogen (secondary N) is 1. The van der Waals surface area contributed by atoms with Crippen LogP contribution in [0.25, 0.3) is 0 Å². The van der Waals surface area contributed by atoms with Gasteiger partial charge in [0.15, 0.2) is 6.10 Å². The van der Waals surface area contributed by atoms with Crippen molar-refractivity contribution in [1.82, 2.24) is 4.90 Å². The van der Waals surface area contributed by atoms with Gasteiger partial charge < -0.3 is 19.7 Å². The molecule has 1 aliphatic rings. The molecule has 174 valence electrons. The molecule has 2 amide bonds. The number of nitrogens with zero attached hydrogens (tertiary/aromatic N) is 1. The van der Waals surface area contributed by atoms with Crippen LogP contribution in [0.2, 0.25) is 5.02 Å². The molecule has 34 heavy (non-hydrogen) atoms. The lowest BCUT2D eigenvalue weighted by molar-refractivity contribution is -0.138. The van der Waals surface area contributed by atoms with E-state index in [0.717, 1.165) is 11.1 Å². The maximum Gasteiger partial charge on any atom is 0.308 e. The maximum absolute atomic E-state index is 12.9. The fourth-order valence-corrected chi connectivity index (χ4v) is 3.84. The molecule has 3 aromatic carbocycles. The van der Waals surface area contributed by atoms with Gasteiger partial charge in [0.05, 0.1) is 5.56 Å². The van der Waals surface area contributed by atoms with Gasteiger partial charge in [-0.2, -0.15) is 0 Å². The Labute approximate surface area is 202 Å². The number of fused-ring (bicyclic) bond motifs is 1. The molecular formula is C26H23ClN2O5. The fourth-order valence-electron chi connectivity index (χ4n) is 3.72. The minimum Gasteiger partial charge on any atom is -0.481 e. The van der Waals surface area contributed by atoms with E-state index in [-0.39, 0.29) is 17.2 Å². The number of amides is 2. The number of carbonyl (C=O) groups is 3. The molecule has 0 aliphatic carbocycles. The summed E-state index contributed by atoms with van der Waals surface area (Å²) in [6.07, 6.45) is -0.649. The second-order valence-electron chi connectivity index (χ2n) is 7.95. The van der Waals surface area contributed by atoms with Crippen molar-refractivity contribution in [3.63, 3.8) is 0 Å². The normalized spacial score (nSPS) is 15.1. The van der Waals surface area contributed by atoms with Crippen LogP contribution in [-0.2, 0) is 22.7 Å². The number of hydrogen-bond donors (Lipinski definition) is 1. The van der Waals surface area contributed by atoms with Crippen LogP contribution < -0.4 is 14.8 Å². The number of ether oxygens (including phenoxy) is 2. The van der Waals surface area contributed by atoms with E-state index in [1.165, 1.54) is 6.92 Å². The summed E-state index contributed by atoms with van der Waals surface area (Å²) < 4.78 is 11.0. The van der Waals surface area contributed by atoms with Gasteiger partial charge in [-0.1, -0.05) is 35.9 Å². The SMILES string of the molecule is CC(=O)Oc1ccccc1C(=O)Nc1ccc2c(c1)CN(Cc1ccc(Cl)cc1)C(=O)[C@H](C)O2. The van der Waals surface area contributed by atoms with Gasteiger partial charge in [-0.15, -0.1) is 0 Å². The van der Waals surface area contributed by atoms with E-state index in [4.69, 9.17) is 21.1 Å². The summed E-state index contributed by atoms with van der Waals surface area (Å²) in [4.78, 5) is 38.9. The highest BCUT2D eigenvalue weighted by Gasteiger charge is 2.28. The molecule has 0 fully saturated rings. The molecule has 3 aromatic rings. The highest BCUT2D eigenvalue weighted by atomic mass is 35.5. The summed E-state index contributed by atoms with van der Waals surface area (Å²) in [7, 11) is 0. The van der Waals surface area contributed by atoms with Gasteiger partial charge in [0.1, 0.15) is 11.5 Å². The first kappa shape index (κ1) is 23.3. The second-order valence-corrected chi connectivity index (χ2v) is 8.38. The number of para-hydroxylation sites is 1. The Morgan fingerprint density at radius 3 is 2.59 bits per heavy atom. The van der Waals surface area contributed by atoms with E-state index in [1.54, 1.807) is 66.4 Å². The van der Waals surface area contributed by atoms with Crippen molar-refractivity contribution in [2.45, 2.75) is 33.0 Å². The van der Waals surface area contributed by atoms with Gasteiger partial charge in [-0.05, 0) is 55.0 Å². The zero-order valence-corrected chi connectivity index (χ0v) is 19.5. The predicted molar refractivity (Wildman–Crippen MR) is 128 cm³/mol. The van der Waals surface area contributed by atoms with Crippen molar-refractivity contribution in [2.75, 3.05) is 5.32 Å². The summed E-state index contributed by atoms with van der Waals surface area (Å²) in [5.74, 6) is -0.306. The molecule has 0 radical (unpaired) electrons. The van der Waals surface area contributed by atoms with Crippen molar-refractivity contribution in [1.29, 1.82) is 0 Å². The molecule has 0 saturated heterocycles. The van der Waals surface area contributed by atoms with Crippen LogP contribution in [0.1, 0.15) is 35.3 Å². The third kappa shape index (κ3) is 5.38. The highest BCUT2D eigenvalue weighted by molar-refractivity contribution is 6.30. The lowest BCUT2D eigenvalue weighted by atomic mass is 10.1. The lowest BCUT2D eigenvalue weighted by Gasteiger charge is -2.22. The van der Waals surface area contributed by atoms with Crippen molar-refractivity contribution in [3.8, 4) is 11.5 Å². The van der Waals surface area contributed by atoms with Gasteiger partial charge in [-0.25, -0.2) is 0 Å². The zero-order valence-electron chi connectivity index (χ0n) is 18.7. The van der Waals surface area contributed by atoms with Crippen molar-refractivity contribution in [2.24, 2.45) is 0 Å². The van der Waals surface area contributed by atoms with Gasteiger partial charge >= 0.3 is 5.97 Å². The van der Waals surface area contributed by atoms with Crippen LogP contribution in [0.15, 0.2) is 66.7 Å². The Hall–Kier alpha value is -3.84. The van der Waals surface area contributed by atoms with E-state index in [1.807, 2.05) is 12.1 Å². The fraction of sp³-hybridized carbons (Fsp3) is 0.192. The second kappa shape index (κ2) is 9.97. The minimum atomic E-state index is -0.649. The molecule has 1 N–H and O–H groups in total. The number of halogens is 1. The lowest BCUT2D eigenvalue weighted by Crippen LogP contribution is -2.37. The first-order chi connectivity index (χ1) is 16.3. The molecule has 8 heteroatoms. The monoisotopic (exact) mass is 478 g/mol. The summed E-state index contributed by atoms with van der Waals surface area (Å²) >= 11 is 5.98. The molecule has 1 atom stereocenters.